The minimum absolute atomic E-state index is 0. The zero-order valence-corrected chi connectivity index (χ0v) is 18.9. The monoisotopic (exact) mass is 454 g/mol. The van der Waals surface area contributed by atoms with Crippen LogP contribution in [-0.2, 0) is 6.42 Å². The van der Waals surface area contributed by atoms with E-state index in [9.17, 15) is 0 Å². The fraction of sp³-hybridized carbons (Fsp3) is 0.231. The largest absolute Gasteiger partial charge is 0.464 e. The molecule has 5 heteroatoms. The van der Waals surface area contributed by atoms with Crippen LogP contribution in [0.3, 0.4) is 0 Å². The van der Waals surface area contributed by atoms with E-state index in [1.54, 1.807) is 6.26 Å². The summed E-state index contributed by atoms with van der Waals surface area (Å²) in [6.45, 7) is 0.999. The van der Waals surface area contributed by atoms with Crippen molar-refractivity contribution >= 4 is 35.8 Å². The Kier molecular flexibility index (Phi) is 7.45. The molecule has 2 atom stereocenters. The lowest BCUT2D eigenvalue weighted by atomic mass is 9.75. The highest BCUT2D eigenvalue weighted by atomic mass is 35.5. The van der Waals surface area contributed by atoms with Crippen molar-refractivity contribution in [1.82, 2.24) is 5.32 Å². The molecule has 0 unspecified atom stereocenters. The topological polar surface area (TPSA) is 51.2 Å². The van der Waals surface area contributed by atoms with Crippen LogP contribution in [0, 0.1) is 0 Å². The first-order valence-electron chi connectivity index (χ1n) is 10.4. The molecule has 1 aliphatic rings. The Morgan fingerprint density at radius 1 is 0.903 bits per heavy atom. The van der Waals surface area contributed by atoms with Gasteiger partial charge in [-0.1, -0.05) is 60.7 Å². The van der Waals surface area contributed by atoms with Crippen molar-refractivity contribution in [3.8, 4) is 11.1 Å². The number of nitrogens with one attached hydrogen (secondary N) is 1. The highest BCUT2D eigenvalue weighted by Gasteiger charge is 2.38. The highest BCUT2D eigenvalue weighted by molar-refractivity contribution is 5.86. The molecule has 1 aliphatic heterocycles. The van der Waals surface area contributed by atoms with Gasteiger partial charge in [-0.15, -0.1) is 24.8 Å². The molecule has 0 aliphatic carbocycles. The normalized spacial score (nSPS) is 20.6. The van der Waals surface area contributed by atoms with Crippen LogP contribution in [0.25, 0.3) is 22.1 Å². The Morgan fingerprint density at radius 2 is 1.61 bits per heavy atom. The molecule has 4 aromatic rings. The first kappa shape index (κ1) is 23.4. The number of rotatable bonds is 4. The number of fused-ring (bicyclic) bond motifs is 1. The molecular formula is C26H28Cl2N2O. The summed E-state index contributed by atoms with van der Waals surface area (Å²) in [5, 5.41) is 4.81. The molecule has 0 spiro atoms. The third kappa shape index (κ3) is 4.65. The average molecular weight is 455 g/mol. The van der Waals surface area contributed by atoms with Gasteiger partial charge >= 0.3 is 0 Å². The molecule has 3 aromatic carbocycles. The predicted molar refractivity (Wildman–Crippen MR) is 133 cm³/mol. The molecular weight excluding hydrogens is 427 g/mol. The third-order valence-electron chi connectivity index (χ3n) is 6.13. The quantitative estimate of drug-likeness (QED) is 0.379. The standard InChI is InChI=1S/C26H26N2O.2ClH/c27-26(13-7-14-28-25(26)20-10-5-2-6-11-20)18-23-17-22(19-8-3-1-4-9-19)16-21-12-15-29-24(21)23;;/h1-6,8-12,15-17,25,28H,7,13-14,18,27H2;2*1H/t25-,26-;;/m0../s1. The molecule has 0 amide bonds. The molecule has 0 saturated carbocycles. The fourth-order valence-corrected chi connectivity index (χ4v) is 4.74. The van der Waals surface area contributed by atoms with Gasteiger partial charge in [0, 0.05) is 10.9 Å². The minimum Gasteiger partial charge on any atom is -0.464 e. The van der Waals surface area contributed by atoms with Crippen molar-refractivity contribution in [3.63, 3.8) is 0 Å². The van der Waals surface area contributed by atoms with Crippen LogP contribution in [0.5, 0.6) is 0 Å². The molecule has 0 bridgehead atoms. The van der Waals surface area contributed by atoms with Crippen LogP contribution < -0.4 is 11.1 Å². The van der Waals surface area contributed by atoms with Crippen LogP contribution in [0.1, 0.15) is 30.0 Å². The lowest BCUT2D eigenvalue weighted by Gasteiger charge is -2.42. The van der Waals surface area contributed by atoms with Gasteiger partial charge in [0.15, 0.2) is 0 Å². The van der Waals surface area contributed by atoms with Crippen molar-refractivity contribution < 1.29 is 4.42 Å². The van der Waals surface area contributed by atoms with E-state index in [2.05, 4.69) is 72.0 Å². The maximum atomic E-state index is 7.11. The van der Waals surface area contributed by atoms with Gasteiger partial charge in [-0.2, -0.15) is 0 Å². The van der Waals surface area contributed by atoms with E-state index in [1.165, 1.54) is 22.3 Å². The van der Waals surface area contributed by atoms with Gasteiger partial charge in [-0.25, -0.2) is 0 Å². The summed E-state index contributed by atoms with van der Waals surface area (Å²) in [5.41, 5.74) is 12.5. The Morgan fingerprint density at radius 3 is 2.35 bits per heavy atom. The molecule has 3 nitrogen and oxygen atoms in total. The summed E-state index contributed by atoms with van der Waals surface area (Å²) in [5.74, 6) is 0. The smallest absolute Gasteiger partial charge is 0.137 e. The van der Waals surface area contributed by atoms with E-state index in [0.717, 1.165) is 36.8 Å². The summed E-state index contributed by atoms with van der Waals surface area (Å²) >= 11 is 0. The van der Waals surface area contributed by atoms with Crippen molar-refractivity contribution in [2.75, 3.05) is 6.54 Å². The van der Waals surface area contributed by atoms with Crippen LogP contribution in [0.15, 0.2) is 89.5 Å². The summed E-state index contributed by atoms with van der Waals surface area (Å²) in [6.07, 6.45) is 4.61. The van der Waals surface area contributed by atoms with Crippen molar-refractivity contribution in [2.45, 2.75) is 30.8 Å². The number of nitrogens with two attached hydrogens (primary N) is 1. The van der Waals surface area contributed by atoms with Crippen molar-refractivity contribution in [3.05, 3.63) is 96.3 Å². The van der Waals surface area contributed by atoms with E-state index in [4.69, 9.17) is 10.2 Å². The Hall–Kier alpha value is -2.30. The molecule has 0 radical (unpaired) electrons. The molecule has 1 saturated heterocycles. The van der Waals surface area contributed by atoms with Gasteiger partial charge in [-0.3, -0.25) is 0 Å². The Bertz CT molecular complexity index is 1110. The molecule has 31 heavy (non-hydrogen) atoms. The zero-order chi connectivity index (χ0) is 19.7. The second-order valence-electron chi connectivity index (χ2n) is 8.15. The van der Waals surface area contributed by atoms with Crippen LogP contribution in [0.4, 0.5) is 0 Å². The van der Waals surface area contributed by atoms with Gasteiger partial charge in [-0.05, 0) is 66.3 Å². The minimum atomic E-state index is -0.366. The van der Waals surface area contributed by atoms with Crippen LogP contribution in [0.2, 0.25) is 0 Å². The number of piperidine rings is 1. The summed E-state index contributed by atoms with van der Waals surface area (Å²) in [4.78, 5) is 0. The number of halogens is 2. The molecule has 2 heterocycles. The first-order chi connectivity index (χ1) is 14.2. The van der Waals surface area contributed by atoms with Crippen molar-refractivity contribution in [2.24, 2.45) is 5.73 Å². The third-order valence-corrected chi connectivity index (χ3v) is 6.13. The highest BCUT2D eigenvalue weighted by Crippen LogP contribution is 2.37. The number of hydrogen-bond acceptors (Lipinski definition) is 3. The molecule has 1 fully saturated rings. The van der Waals surface area contributed by atoms with Gasteiger partial charge in [0.25, 0.3) is 0 Å². The van der Waals surface area contributed by atoms with E-state index in [0.29, 0.717) is 0 Å². The molecule has 3 N–H and O–H groups in total. The Balaban J connectivity index is 0.00000136. The Labute approximate surface area is 195 Å². The second-order valence-corrected chi connectivity index (χ2v) is 8.15. The average Bonchev–Trinajstić information content (AvgIpc) is 3.24. The van der Waals surface area contributed by atoms with Gasteiger partial charge in [0.2, 0.25) is 0 Å². The fourth-order valence-electron chi connectivity index (χ4n) is 4.74. The SMILES string of the molecule is Cl.Cl.N[C@]1(Cc2cc(-c3ccccc3)cc3ccoc23)CCCN[C@H]1c1ccccc1. The number of furan rings is 1. The molecule has 5 rings (SSSR count). The maximum absolute atomic E-state index is 7.11. The zero-order valence-electron chi connectivity index (χ0n) is 17.3. The lowest BCUT2D eigenvalue weighted by molar-refractivity contribution is 0.230. The van der Waals surface area contributed by atoms with Crippen molar-refractivity contribution in [1.29, 1.82) is 0 Å². The van der Waals surface area contributed by atoms with Crippen LogP contribution in [-0.4, -0.2) is 12.1 Å². The number of benzene rings is 3. The molecule has 162 valence electrons. The maximum Gasteiger partial charge on any atom is 0.137 e. The van der Waals surface area contributed by atoms with Gasteiger partial charge < -0.3 is 15.5 Å². The van der Waals surface area contributed by atoms with Gasteiger partial charge in [0.05, 0.1) is 12.3 Å². The van der Waals surface area contributed by atoms with E-state index in [1.807, 2.05) is 12.1 Å². The first-order valence-corrected chi connectivity index (χ1v) is 10.4. The summed E-state index contributed by atoms with van der Waals surface area (Å²) in [7, 11) is 0. The predicted octanol–water partition coefficient (Wildman–Crippen LogP) is 6.31. The van der Waals surface area contributed by atoms with Gasteiger partial charge in [0.1, 0.15) is 5.58 Å². The van der Waals surface area contributed by atoms with E-state index in [-0.39, 0.29) is 36.4 Å². The van der Waals surface area contributed by atoms with E-state index < -0.39 is 0 Å². The summed E-state index contributed by atoms with van der Waals surface area (Å²) < 4.78 is 5.89. The number of hydrogen-bond donors (Lipinski definition) is 2. The van der Waals surface area contributed by atoms with E-state index >= 15 is 0 Å². The second kappa shape index (κ2) is 9.88. The lowest BCUT2D eigenvalue weighted by Crippen LogP contribution is -2.56. The summed E-state index contributed by atoms with van der Waals surface area (Å²) in [6, 6.07) is 27.7. The van der Waals surface area contributed by atoms with Crippen LogP contribution >= 0.6 is 24.8 Å². The molecule has 1 aromatic heterocycles.